The SMILES string of the molecule is COC(=O)c1cc(NC(=O)CSc2nnc3scc(-c4ccc(C)cc4)n23)cc(C(=O)OC)c1. The Morgan fingerprint density at radius 1 is 1.00 bits per heavy atom. The lowest BCUT2D eigenvalue weighted by molar-refractivity contribution is -0.113. The molecular weight excluding hydrogens is 476 g/mol. The molecule has 2 aromatic carbocycles. The average molecular weight is 497 g/mol. The first-order valence-corrected chi connectivity index (χ1v) is 11.9. The lowest BCUT2D eigenvalue weighted by atomic mass is 10.1. The topological polar surface area (TPSA) is 112 Å². The zero-order chi connectivity index (χ0) is 24.2. The summed E-state index contributed by atoms with van der Waals surface area (Å²) in [6.45, 7) is 2.03. The van der Waals surface area contributed by atoms with Gasteiger partial charge in [0, 0.05) is 11.1 Å². The first-order valence-electron chi connectivity index (χ1n) is 10.0. The minimum absolute atomic E-state index is 0.0417. The fourth-order valence-corrected chi connectivity index (χ4v) is 4.85. The molecule has 2 aromatic heterocycles. The highest BCUT2D eigenvalue weighted by Crippen LogP contribution is 2.30. The normalized spacial score (nSPS) is 10.8. The first-order chi connectivity index (χ1) is 16.4. The van der Waals surface area contributed by atoms with Crippen molar-refractivity contribution in [3.05, 3.63) is 64.5 Å². The third-order valence-corrected chi connectivity index (χ3v) is 6.60. The van der Waals surface area contributed by atoms with Gasteiger partial charge < -0.3 is 14.8 Å². The van der Waals surface area contributed by atoms with E-state index in [2.05, 4.69) is 15.5 Å². The van der Waals surface area contributed by atoms with Crippen molar-refractivity contribution < 1.29 is 23.9 Å². The molecule has 0 unspecified atom stereocenters. The van der Waals surface area contributed by atoms with E-state index >= 15 is 0 Å². The largest absolute Gasteiger partial charge is 0.465 e. The monoisotopic (exact) mass is 496 g/mol. The average Bonchev–Trinajstić information content (AvgIpc) is 3.44. The maximum absolute atomic E-state index is 12.7. The highest BCUT2D eigenvalue weighted by atomic mass is 32.2. The molecule has 1 N–H and O–H groups in total. The lowest BCUT2D eigenvalue weighted by Crippen LogP contribution is -2.16. The highest BCUT2D eigenvalue weighted by Gasteiger charge is 2.17. The number of thioether (sulfide) groups is 1. The molecule has 0 spiro atoms. The number of fused-ring (bicyclic) bond motifs is 1. The molecule has 174 valence electrons. The quantitative estimate of drug-likeness (QED) is 0.301. The molecule has 0 aliphatic heterocycles. The van der Waals surface area contributed by atoms with Crippen LogP contribution in [0.1, 0.15) is 26.3 Å². The number of nitrogens with zero attached hydrogens (tertiary/aromatic N) is 3. The number of aromatic nitrogens is 3. The van der Waals surface area contributed by atoms with Gasteiger partial charge >= 0.3 is 11.9 Å². The summed E-state index contributed by atoms with van der Waals surface area (Å²) in [6, 6.07) is 12.4. The molecule has 4 aromatic rings. The Hall–Kier alpha value is -3.70. The molecule has 0 aliphatic carbocycles. The molecule has 0 fully saturated rings. The zero-order valence-electron chi connectivity index (χ0n) is 18.5. The van der Waals surface area contributed by atoms with Gasteiger partial charge in [-0.25, -0.2) is 9.59 Å². The number of rotatable bonds is 7. The van der Waals surface area contributed by atoms with Crippen molar-refractivity contribution >= 4 is 51.6 Å². The number of amides is 1. The number of nitrogens with one attached hydrogen (secondary N) is 1. The molecule has 0 radical (unpaired) electrons. The molecule has 0 bridgehead atoms. The van der Waals surface area contributed by atoms with E-state index in [0.717, 1.165) is 21.8 Å². The lowest BCUT2D eigenvalue weighted by Gasteiger charge is -2.09. The van der Waals surface area contributed by atoms with E-state index in [1.807, 2.05) is 41.0 Å². The van der Waals surface area contributed by atoms with Crippen molar-refractivity contribution in [3.8, 4) is 11.3 Å². The van der Waals surface area contributed by atoms with Gasteiger partial charge in [0.25, 0.3) is 0 Å². The Balaban J connectivity index is 1.52. The predicted octanol–water partition coefficient (Wildman–Crippen LogP) is 4.07. The molecule has 11 heteroatoms. The van der Waals surface area contributed by atoms with Gasteiger partial charge in [-0.2, -0.15) is 0 Å². The van der Waals surface area contributed by atoms with Crippen LogP contribution < -0.4 is 5.32 Å². The predicted molar refractivity (Wildman–Crippen MR) is 130 cm³/mol. The molecule has 0 aliphatic rings. The Morgan fingerprint density at radius 3 is 2.26 bits per heavy atom. The minimum Gasteiger partial charge on any atom is -0.465 e. The third-order valence-electron chi connectivity index (χ3n) is 4.86. The molecule has 0 saturated heterocycles. The van der Waals surface area contributed by atoms with Gasteiger partial charge in [0.05, 0.1) is 36.8 Å². The van der Waals surface area contributed by atoms with E-state index in [0.29, 0.717) is 5.16 Å². The molecule has 4 rings (SSSR count). The van der Waals surface area contributed by atoms with E-state index in [1.165, 1.54) is 55.5 Å². The number of hydrogen-bond acceptors (Lipinski definition) is 9. The summed E-state index contributed by atoms with van der Waals surface area (Å²) in [5.74, 6) is -1.57. The van der Waals surface area contributed by atoms with Crippen LogP contribution in [0.2, 0.25) is 0 Å². The van der Waals surface area contributed by atoms with Crippen molar-refractivity contribution in [1.29, 1.82) is 0 Å². The molecule has 9 nitrogen and oxygen atoms in total. The number of hydrogen-bond donors (Lipinski definition) is 1. The first kappa shape index (κ1) is 23.5. The number of esters is 2. The Bertz CT molecular complexity index is 1340. The Labute approximate surface area is 203 Å². The van der Waals surface area contributed by atoms with Crippen molar-refractivity contribution in [1.82, 2.24) is 14.6 Å². The van der Waals surface area contributed by atoms with Crippen LogP contribution in [-0.2, 0) is 14.3 Å². The summed E-state index contributed by atoms with van der Waals surface area (Å²) in [4.78, 5) is 37.3. The van der Waals surface area contributed by atoms with E-state index < -0.39 is 11.9 Å². The van der Waals surface area contributed by atoms with E-state index in [-0.39, 0.29) is 28.5 Å². The van der Waals surface area contributed by atoms with Gasteiger partial charge in [0.1, 0.15) is 0 Å². The van der Waals surface area contributed by atoms with Gasteiger partial charge in [0.2, 0.25) is 10.9 Å². The summed E-state index contributed by atoms with van der Waals surface area (Å²) < 4.78 is 11.4. The molecule has 0 saturated carbocycles. The van der Waals surface area contributed by atoms with Crippen LogP contribution in [0.15, 0.2) is 53.0 Å². The molecular formula is C23H20N4O5S2. The second-order valence-electron chi connectivity index (χ2n) is 7.21. The van der Waals surface area contributed by atoms with Crippen molar-refractivity contribution in [3.63, 3.8) is 0 Å². The van der Waals surface area contributed by atoms with Crippen LogP contribution in [0.4, 0.5) is 5.69 Å². The number of thiazole rings is 1. The van der Waals surface area contributed by atoms with Crippen molar-refractivity contribution in [2.75, 3.05) is 25.3 Å². The van der Waals surface area contributed by atoms with E-state index in [1.54, 1.807) is 0 Å². The second kappa shape index (κ2) is 10.1. The zero-order valence-corrected chi connectivity index (χ0v) is 20.2. The number of anilines is 1. The summed E-state index contributed by atoms with van der Waals surface area (Å²) in [7, 11) is 2.47. The van der Waals surface area contributed by atoms with Gasteiger partial charge in [-0.15, -0.1) is 21.5 Å². The maximum atomic E-state index is 12.7. The number of ether oxygens (including phenoxy) is 2. The Kier molecular flexibility index (Phi) is 6.94. The van der Waals surface area contributed by atoms with Crippen molar-refractivity contribution in [2.24, 2.45) is 0 Å². The summed E-state index contributed by atoms with van der Waals surface area (Å²) >= 11 is 2.70. The van der Waals surface area contributed by atoms with Crippen LogP contribution in [0.5, 0.6) is 0 Å². The number of carbonyl (C=O) groups excluding carboxylic acids is 3. The fourth-order valence-electron chi connectivity index (χ4n) is 3.21. The minimum atomic E-state index is -0.637. The highest BCUT2D eigenvalue weighted by molar-refractivity contribution is 7.99. The summed E-state index contributed by atoms with van der Waals surface area (Å²) in [6.07, 6.45) is 0. The van der Waals surface area contributed by atoms with Gasteiger partial charge in [-0.3, -0.25) is 9.20 Å². The second-order valence-corrected chi connectivity index (χ2v) is 8.99. The molecule has 1 amide bonds. The Morgan fingerprint density at radius 2 is 1.65 bits per heavy atom. The summed E-state index contributed by atoms with van der Waals surface area (Å²) in [5, 5.41) is 13.7. The van der Waals surface area contributed by atoms with Crippen LogP contribution in [0.3, 0.4) is 0 Å². The van der Waals surface area contributed by atoms with Crippen LogP contribution in [0, 0.1) is 6.92 Å². The standard InChI is InChI=1S/C23H20N4O5S2/c1-13-4-6-14(7-5-13)18-11-33-22-25-26-23(27(18)22)34-12-19(28)24-17-9-15(20(29)31-2)8-16(10-17)21(30)32-3/h4-11H,12H2,1-3H3,(H,24,28). The fraction of sp³-hybridized carbons (Fsp3) is 0.174. The maximum Gasteiger partial charge on any atom is 0.337 e. The van der Waals surface area contributed by atoms with Crippen LogP contribution in [0.25, 0.3) is 16.2 Å². The number of benzene rings is 2. The van der Waals surface area contributed by atoms with Gasteiger partial charge in [0.15, 0.2) is 5.16 Å². The third kappa shape index (κ3) is 4.95. The summed E-state index contributed by atoms with van der Waals surface area (Å²) in [5.41, 5.74) is 3.65. The van der Waals surface area contributed by atoms with Crippen LogP contribution >= 0.6 is 23.1 Å². The van der Waals surface area contributed by atoms with Crippen LogP contribution in [-0.4, -0.2) is 52.4 Å². The van der Waals surface area contributed by atoms with Gasteiger partial charge in [-0.05, 0) is 30.7 Å². The molecule has 34 heavy (non-hydrogen) atoms. The van der Waals surface area contributed by atoms with E-state index in [9.17, 15) is 14.4 Å². The van der Waals surface area contributed by atoms with E-state index in [4.69, 9.17) is 9.47 Å². The number of aryl methyl sites for hydroxylation is 1. The number of carbonyl (C=O) groups is 3. The number of methoxy groups -OCH3 is 2. The smallest absolute Gasteiger partial charge is 0.337 e. The molecule has 0 atom stereocenters. The molecule has 2 heterocycles. The van der Waals surface area contributed by atoms with Crippen molar-refractivity contribution in [2.45, 2.75) is 12.1 Å². The van der Waals surface area contributed by atoms with Gasteiger partial charge in [-0.1, -0.05) is 41.6 Å².